The van der Waals surface area contributed by atoms with Gasteiger partial charge in [0.1, 0.15) is 10.1 Å². The first-order valence-electron chi connectivity index (χ1n) is 7.59. The predicted octanol–water partition coefficient (Wildman–Crippen LogP) is 0.423. The van der Waals surface area contributed by atoms with E-state index in [0.29, 0.717) is 9.79 Å². The van der Waals surface area contributed by atoms with E-state index in [2.05, 4.69) is 0 Å². The minimum Gasteiger partial charge on any atom is -0.744 e. The molecule has 0 saturated carbocycles. The number of hydrogen-bond donors (Lipinski definition) is 0. The van der Waals surface area contributed by atoms with Crippen LogP contribution < -0.4 is 29.6 Å². The summed E-state index contributed by atoms with van der Waals surface area (Å²) in [5.41, 5.74) is 0.928. The Labute approximate surface area is 182 Å². The molecule has 0 aromatic heterocycles. The minimum atomic E-state index is -4.27. The van der Waals surface area contributed by atoms with E-state index in [1.54, 1.807) is 72.8 Å². The average Bonchev–Trinajstić information content (AvgIpc) is 2.63. The molecular formula is C19H17NaO5S2. The Balaban J connectivity index is 0.000000273. The van der Waals surface area contributed by atoms with Crippen LogP contribution in [0.5, 0.6) is 0 Å². The second-order valence-electron chi connectivity index (χ2n) is 5.40. The molecule has 3 aromatic rings. The topological polar surface area (TPSA) is 91.3 Å². The first-order valence-corrected chi connectivity index (χ1v) is 10.5. The van der Waals surface area contributed by atoms with Crippen LogP contribution in [0, 0.1) is 6.92 Å². The molecule has 0 heterocycles. The van der Waals surface area contributed by atoms with E-state index in [1.165, 1.54) is 12.1 Å². The molecule has 136 valence electrons. The maximum Gasteiger partial charge on any atom is 1.00 e. The summed E-state index contributed by atoms with van der Waals surface area (Å²) >= 11 is 0. The van der Waals surface area contributed by atoms with E-state index in [0.717, 1.165) is 5.56 Å². The van der Waals surface area contributed by atoms with Gasteiger partial charge in [0, 0.05) is 0 Å². The van der Waals surface area contributed by atoms with Crippen LogP contribution in [0.4, 0.5) is 0 Å². The summed E-state index contributed by atoms with van der Waals surface area (Å²) in [4.78, 5) is 0.482. The standard InChI is InChI=1S/C12H10O2S.C7H8O3S.Na/c13-15(14,11-7-3-1-4-8-11)12-9-5-2-6-10-12;1-6-2-4-7(5-3-6)11(8,9)10;/h1-10H;2-5H,1H3,(H,8,9,10);/q;;+1/p-1. The van der Waals surface area contributed by atoms with Crippen molar-refractivity contribution in [3.8, 4) is 0 Å². The van der Waals surface area contributed by atoms with Crippen LogP contribution >= 0.6 is 0 Å². The van der Waals surface area contributed by atoms with Gasteiger partial charge in [0.25, 0.3) is 0 Å². The van der Waals surface area contributed by atoms with Gasteiger partial charge < -0.3 is 4.55 Å². The van der Waals surface area contributed by atoms with Crippen molar-refractivity contribution >= 4 is 20.0 Å². The van der Waals surface area contributed by atoms with Crippen LogP contribution in [0.25, 0.3) is 0 Å². The summed E-state index contributed by atoms with van der Waals surface area (Å²) in [6.07, 6.45) is 0. The van der Waals surface area contributed by atoms with Gasteiger partial charge >= 0.3 is 29.6 Å². The van der Waals surface area contributed by atoms with E-state index in [1.807, 2.05) is 6.92 Å². The van der Waals surface area contributed by atoms with Gasteiger partial charge in [0.05, 0.1) is 14.7 Å². The number of rotatable bonds is 3. The molecule has 0 aliphatic heterocycles. The number of benzene rings is 3. The second kappa shape index (κ2) is 10.2. The fourth-order valence-electron chi connectivity index (χ4n) is 2.04. The van der Waals surface area contributed by atoms with E-state index in [4.69, 9.17) is 0 Å². The molecule has 5 nitrogen and oxygen atoms in total. The number of aryl methyl sites for hydroxylation is 1. The molecule has 8 heteroatoms. The molecule has 0 saturated heterocycles. The molecule has 0 fully saturated rings. The summed E-state index contributed by atoms with van der Waals surface area (Å²) < 4.78 is 55.2. The zero-order valence-electron chi connectivity index (χ0n) is 14.9. The predicted molar refractivity (Wildman–Crippen MR) is 97.5 cm³/mol. The third kappa shape index (κ3) is 6.88. The largest absolute Gasteiger partial charge is 1.00 e. The molecule has 0 radical (unpaired) electrons. The third-order valence-corrected chi connectivity index (χ3v) is 6.05. The Bertz CT molecular complexity index is 1000. The second-order valence-corrected chi connectivity index (χ2v) is 8.73. The Kier molecular flexibility index (Phi) is 8.87. The van der Waals surface area contributed by atoms with Crippen LogP contribution in [0.2, 0.25) is 0 Å². The maximum atomic E-state index is 12.0. The Morgan fingerprint density at radius 1 is 0.593 bits per heavy atom. The molecule has 3 rings (SSSR count). The van der Waals surface area contributed by atoms with Gasteiger partial charge in [-0.25, -0.2) is 16.8 Å². The first kappa shape index (κ1) is 23.6. The molecule has 3 aromatic carbocycles. The van der Waals surface area contributed by atoms with Crippen LogP contribution in [-0.2, 0) is 20.0 Å². The van der Waals surface area contributed by atoms with E-state index >= 15 is 0 Å². The van der Waals surface area contributed by atoms with Crippen molar-refractivity contribution in [2.24, 2.45) is 0 Å². The fourth-order valence-corrected chi connectivity index (χ4v) is 3.81. The average molecular weight is 412 g/mol. The molecule has 0 unspecified atom stereocenters. The summed E-state index contributed by atoms with van der Waals surface area (Å²) in [5, 5.41) is 0. The van der Waals surface area contributed by atoms with E-state index in [-0.39, 0.29) is 34.5 Å². The monoisotopic (exact) mass is 412 g/mol. The quantitative estimate of drug-likeness (QED) is 0.459. The van der Waals surface area contributed by atoms with Crippen molar-refractivity contribution in [1.29, 1.82) is 0 Å². The normalized spacial score (nSPS) is 10.9. The number of hydrogen-bond acceptors (Lipinski definition) is 5. The van der Waals surface area contributed by atoms with E-state index < -0.39 is 20.0 Å². The van der Waals surface area contributed by atoms with Crippen LogP contribution in [-0.4, -0.2) is 21.4 Å². The molecule has 0 N–H and O–H groups in total. The molecule has 0 aliphatic carbocycles. The third-order valence-electron chi connectivity index (χ3n) is 3.42. The van der Waals surface area contributed by atoms with Gasteiger partial charge in [-0.1, -0.05) is 54.1 Å². The zero-order valence-corrected chi connectivity index (χ0v) is 18.6. The van der Waals surface area contributed by atoms with Gasteiger partial charge in [-0.05, 0) is 43.3 Å². The number of sulfone groups is 1. The van der Waals surface area contributed by atoms with Crippen molar-refractivity contribution in [3.05, 3.63) is 90.5 Å². The Morgan fingerprint density at radius 2 is 0.963 bits per heavy atom. The Hall–Kier alpha value is -1.48. The molecule has 0 atom stereocenters. The minimum absolute atomic E-state index is 0. The van der Waals surface area contributed by atoms with Gasteiger partial charge in [-0.3, -0.25) is 0 Å². The molecule has 0 amide bonds. The SMILES string of the molecule is Cc1ccc(S(=O)(=O)[O-])cc1.O=S(=O)(c1ccccc1)c1ccccc1.[Na+]. The van der Waals surface area contributed by atoms with Crippen LogP contribution in [0.3, 0.4) is 0 Å². The van der Waals surface area contributed by atoms with Gasteiger partial charge in [-0.2, -0.15) is 0 Å². The van der Waals surface area contributed by atoms with E-state index in [9.17, 15) is 21.4 Å². The maximum absolute atomic E-state index is 12.0. The molecular weight excluding hydrogens is 395 g/mol. The van der Waals surface area contributed by atoms with Gasteiger partial charge in [0.2, 0.25) is 9.84 Å². The first-order chi connectivity index (χ1) is 12.2. The summed E-state index contributed by atoms with van der Waals surface area (Å²) in [6.45, 7) is 1.82. The van der Waals surface area contributed by atoms with Crippen LogP contribution in [0.1, 0.15) is 5.56 Å². The van der Waals surface area contributed by atoms with Crippen molar-refractivity contribution in [3.63, 3.8) is 0 Å². The van der Waals surface area contributed by atoms with Crippen molar-refractivity contribution < 1.29 is 50.9 Å². The van der Waals surface area contributed by atoms with Crippen molar-refractivity contribution in [2.45, 2.75) is 21.6 Å². The van der Waals surface area contributed by atoms with Crippen molar-refractivity contribution in [1.82, 2.24) is 0 Å². The summed E-state index contributed by atoms with van der Waals surface area (Å²) in [6, 6.07) is 22.6. The summed E-state index contributed by atoms with van der Waals surface area (Å²) in [7, 11) is -7.61. The fraction of sp³-hybridized carbons (Fsp3) is 0.0526. The molecule has 27 heavy (non-hydrogen) atoms. The van der Waals surface area contributed by atoms with Crippen LogP contribution in [0.15, 0.2) is 99.6 Å². The van der Waals surface area contributed by atoms with Crippen molar-refractivity contribution in [2.75, 3.05) is 0 Å². The molecule has 0 spiro atoms. The Morgan fingerprint density at radius 3 is 1.30 bits per heavy atom. The molecule has 0 bridgehead atoms. The molecule has 0 aliphatic rings. The van der Waals surface area contributed by atoms with Gasteiger partial charge in [-0.15, -0.1) is 0 Å². The zero-order chi connectivity index (χ0) is 19.2. The summed E-state index contributed by atoms with van der Waals surface area (Å²) in [5.74, 6) is 0. The smallest absolute Gasteiger partial charge is 0.744 e. The van der Waals surface area contributed by atoms with Gasteiger partial charge in [0.15, 0.2) is 0 Å².